The van der Waals surface area contributed by atoms with Crippen molar-refractivity contribution in [3.8, 4) is 5.95 Å². The van der Waals surface area contributed by atoms with Gasteiger partial charge in [-0.2, -0.15) is 12.8 Å². The molecule has 0 radical (unpaired) electrons. The first-order valence-electron chi connectivity index (χ1n) is 3.50. The highest BCUT2D eigenvalue weighted by atomic mass is 35.5. The lowest BCUT2D eigenvalue weighted by Gasteiger charge is -1.96. The molecular formula is C7H4ClNO4S. The van der Waals surface area contributed by atoms with Gasteiger partial charge < -0.3 is 9.15 Å². The first-order chi connectivity index (χ1) is 6.55. The molecule has 7 heteroatoms. The SMILES string of the molecule is O=S1(=O)C=C(Oc2ccc(Cl)o2)C=N1. The molecule has 1 aromatic heterocycles. The number of allylic oxidation sites excluding steroid dienone is 1. The molecule has 1 aliphatic heterocycles. The average Bonchev–Trinajstić information content (AvgIpc) is 2.59. The van der Waals surface area contributed by atoms with Crippen molar-refractivity contribution in [2.45, 2.75) is 0 Å². The van der Waals surface area contributed by atoms with Crippen LogP contribution in [0.4, 0.5) is 0 Å². The number of hydrogen-bond donors (Lipinski definition) is 0. The van der Waals surface area contributed by atoms with Gasteiger partial charge in [0.15, 0.2) is 11.0 Å². The van der Waals surface area contributed by atoms with Crippen molar-refractivity contribution in [3.05, 3.63) is 28.5 Å². The summed E-state index contributed by atoms with van der Waals surface area (Å²) in [6.45, 7) is 0. The molecule has 0 fully saturated rings. The summed E-state index contributed by atoms with van der Waals surface area (Å²) in [7, 11) is -3.50. The van der Waals surface area contributed by atoms with Crippen LogP contribution in [0.25, 0.3) is 0 Å². The zero-order chi connectivity index (χ0) is 10.2. The van der Waals surface area contributed by atoms with E-state index in [-0.39, 0.29) is 16.9 Å². The lowest BCUT2D eigenvalue weighted by atomic mass is 10.6. The van der Waals surface area contributed by atoms with E-state index in [4.69, 9.17) is 20.8 Å². The van der Waals surface area contributed by atoms with Crippen molar-refractivity contribution in [1.82, 2.24) is 0 Å². The van der Waals surface area contributed by atoms with E-state index >= 15 is 0 Å². The minimum atomic E-state index is -3.50. The third-order valence-electron chi connectivity index (χ3n) is 1.36. The van der Waals surface area contributed by atoms with Gasteiger partial charge in [0.05, 0.1) is 11.6 Å². The lowest BCUT2D eigenvalue weighted by molar-refractivity contribution is 0.333. The highest BCUT2D eigenvalue weighted by molar-refractivity contribution is 7.93. The summed E-state index contributed by atoms with van der Waals surface area (Å²) in [5.41, 5.74) is 0. The molecule has 0 spiro atoms. The lowest BCUT2D eigenvalue weighted by Crippen LogP contribution is -1.92. The number of furan rings is 1. The van der Waals surface area contributed by atoms with Gasteiger partial charge in [0.2, 0.25) is 0 Å². The van der Waals surface area contributed by atoms with E-state index in [1.165, 1.54) is 12.1 Å². The molecule has 74 valence electrons. The van der Waals surface area contributed by atoms with Crippen LogP contribution in [-0.2, 0) is 10.0 Å². The molecule has 2 heterocycles. The highest BCUT2D eigenvalue weighted by Gasteiger charge is 2.15. The van der Waals surface area contributed by atoms with Crippen LogP contribution in [0, 0.1) is 0 Å². The van der Waals surface area contributed by atoms with Crippen molar-refractivity contribution in [2.24, 2.45) is 4.40 Å². The molecule has 0 aromatic carbocycles. The van der Waals surface area contributed by atoms with E-state index in [2.05, 4.69) is 4.40 Å². The maximum Gasteiger partial charge on any atom is 0.291 e. The van der Waals surface area contributed by atoms with Gasteiger partial charge in [-0.1, -0.05) is 0 Å². The summed E-state index contributed by atoms with van der Waals surface area (Å²) in [6, 6.07) is 2.96. The van der Waals surface area contributed by atoms with E-state index in [1.54, 1.807) is 0 Å². The molecule has 0 aliphatic carbocycles. The fourth-order valence-electron chi connectivity index (χ4n) is 0.852. The second-order valence-corrected chi connectivity index (χ2v) is 4.28. The Labute approximate surface area is 84.7 Å². The van der Waals surface area contributed by atoms with Crippen LogP contribution in [0.5, 0.6) is 5.95 Å². The van der Waals surface area contributed by atoms with Crippen molar-refractivity contribution in [3.63, 3.8) is 0 Å². The first-order valence-corrected chi connectivity index (χ1v) is 5.38. The Kier molecular flexibility index (Phi) is 2.09. The fraction of sp³-hybridized carbons (Fsp3) is 0. The third kappa shape index (κ3) is 1.97. The van der Waals surface area contributed by atoms with Crippen LogP contribution in [0.3, 0.4) is 0 Å². The largest absolute Gasteiger partial charge is 0.423 e. The zero-order valence-electron chi connectivity index (χ0n) is 6.68. The Bertz CT molecular complexity index is 514. The van der Waals surface area contributed by atoms with Gasteiger partial charge in [0, 0.05) is 12.1 Å². The van der Waals surface area contributed by atoms with Crippen molar-refractivity contribution in [1.29, 1.82) is 0 Å². The normalized spacial score (nSPS) is 18.2. The minimum absolute atomic E-state index is 0.0935. The van der Waals surface area contributed by atoms with Crippen LogP contribution in [0.2, 0.25) is 5.22 Å². The quantitative estimate of drug-likeness (QED) is 0.778. The van der Waals surface area contributed by atoms with E-state index < -0.39 is 10.0 Å². The van der Waals surface area contributed by atoms with Gasteiger partial charge in [0.25, 0.3) is 16.0 Å². The van der Waals surface area contributed by atoms with Crippen LogP contribution < -0.4 is 4.74 Å². The number of hydrogen-bond acceptors (Lipinski definition) is 4. The Morgan fingerprint density at radius 1 is 1.43 bits per heavy atom. The smallest absolute Gasteiger partial charge is 0.291 e. The number of rotatable bonds is 2. The first kappa shape index (κ1) is 9.29. The molecule has 5 nitrogen and oxygen atoms in total. The minimum Gasteiger partial charge on any atom is -0.423 e. The predicted octanol–water partition coefficient (Wildman–Crippen LogP) is 1.57. The second kappa shape index (κ2) is 3.14. The van der Waals surface area contributed by atoms with Gasteiger partial charge in [0.1, 0.15) is 0 Å². The van der Waals surface area contributed by atoms with Gasteiger partial charge in [-0.15, -0.1) is 0 Å². The Hall–Kier alpha value is -1.27. The van der Waals surface area contributed by atoms with E-state index in [9.17, 15) is 8.42 Å². The molecule has 0 atom stereocenters. The molecule has 0 saturated carbocycles. The molecule has 0 saturated heterocycles. The van der Waals surface area contributed by atoms with Crippen molar-refractivity contribution < 1.29 is 17.6 Å². The standard InChI is InChI=1S/C7H4ClNO4S/c8-6-1-2-7(13-6)12-5-3-9-14(10,11)4-5/h1-4H. The Balaban J connectivity index is 2.18. The Morgan fingerprint density at radius 2 is 2.21 bits per heavy atom. The summed E-state index contributed by atoms with van der Waals surface area (Å²) in [5, 5.41) is 1.06. The molecule has 1 aromatic rings. The van der Waals surface area contributed by atoms with Gasteiger partial charge in [-0.25, -0.2) is 0 Å². The average molecular weight is 234 g/mol. The van der Waals surface area contributed by atoms with Crippen LogP contribution in [0.15, 0.2) is 32.1 Å². The summed E-state index contributed by atoms with van der Waals surface area (Å²) < 4.78 is 34.7. The predicted molar refractivity (Wildman–Crippen MR) is 49.8 cm³/mol. The van der Waals surface area contributed by atoms with Crippen LogP contribution in [-0.4, -0.2) is 14.6 Å². The number of nitrogens with zero attached hydrogens (tertiary/aromatic N) is 1. The number of sulfonamides is 1. The summed E-state index contributed by atoms with van der Waals surface area (Å²) >= 11 is 5.48. The number of halogens is 1. The van der Waals surface area contributed by atoms with Gasteiger partial charge in [-0.3, -0.25) is 0 Å². The highest BCUT2D eigenvalue weighted by Crippen LogP contribution is 2.22. The summed E-state index contributed by atoms with van der Waals surface area (Å²) in [4.78, 5) is 0. The topological polar surface area (TPSA) is 68.9 Å². The Morgan fingerprint density at radius 3 is 2.71 bits per heavy atom. The van der Waals surface area contributed by atoms with Gasteiger partial charge in [-0.05, 0) is 11.6 Å². The van der Waals surface area contributed by atoms with Crippen LogP contribution >= 0.6 is 11.6 Å². The van der Waals surface area contributed by atoms with Gasteiger partial charge >= 0.3 is 0 Å². The fourth-order valence-corrected chi connectivity index (χ4v) is 1.71. The monoisotopic (exact) mass is 233 g/mol. The van der Waals surface area contributed by atoms with E-state index in [0.29, 0.717) is 0 Å². The molecule has 2 rings (SSSR count). The summed E-state index contributed by atoms with van der Waals surface area (Å²) in [5.74, 6) is 0.209. The third-order valence-corrected chi connectivity index (χ3v) is 2.49. The number of ether oxygens (including phenoxy) is 1. The zero-order valence-corrected chi connectivity index (χ0v) is 8.25. The molecule has 0 unspecified atom stereocenters. The maximum absolute atomic E-state index is 10.8. The summed E-state index contributed by atoms with van der Waals surface area (Å²) in [6.07, 6.45) is 1.09. The molecule has 14 heavy (non-hydrogen) atoms. The second-order valence-electron chi connectivity index (χ2n) is 2.43. The molecular weight excluding hydrogens is 230 g/mol. The molecule has 0 amide bonds. The molecule has 1 aliphatic rings. The maximum atomic E-state index is 10.8. The van der Waals surface area contributed by atoms with Crippen molar-refractivity contribution >= 4 is 27.8 Å². The van der Waals surface area contributed by atoms with E-state index in [0.717, 1.165) is 11.6 Å². The molecule has 0 bridgehead atoms. The van der Waals surface area contributed by atoms with Crippen molar-refractivity contribution in [2.75, 3.05) is 0 Å². The van der Waals surface area contributed by atoms with E-state index in [1.807, 2.05) is 0 Å². The van der Waals surface area contributed by atoms with Crippen LogP contribution in [0.1, 0.15) is 0 Å². The molecule has 0 N–H and O–H groups in total.